The summed E-state index contributed by atoms with van der Waals surface area (Å²) in [5, 5.41) is 3.40. The molecule has 0 saturated heterocycles. The Morgan fingerprint density at radius 1 is 0.950 bits per heavy atom. The standard InChI is InChI=1S/C17H35N.C2H6/c1-13(2)11-15(4,5)14(3)16(6,7)12-17(8,9)18-10;1-2/h13,18H,3,11-12H2,1-2,4-10H3;1-2H3. The molecule has 0 saturated carbocycles. The van der Waals surface area contributed by atoms with Gasteiger partial charge < -0.3 is 5.32 Å². The fourth-order valence-corrected chi connectivity index (χ4v) is 3.36. The Labute approximate surface area is 129 Å². The minimum Gasteiger partial charge on any atom is -0.315 e. The van der Waals surface area contributed by atoms with Gasteiger partial charge in [-0.2, -0.15) is 0 Å². The van der Waals surface area contributed by atoms with Crippen molar-refractivity contribution in [2.75, 3.05) is 7.05 Å². The van der Waals surface area contributed by atoms with E-state index >= 15 is 0 Å². The first kappa shape index (κ1) is 22.0. The summed E-state index contributed by atoms with van der Waals surface area (Å²) >= 11 is 0. The highest BCUT2D eigenvalue weighted by atomic mass is 14.9. The van der Waals surface area contributed by atoms with Crippen LogP contribution < -0.4 is 5.32 Å². The first-order valence-corrected chi connectivity index (χ1v) is 8.23. The van der Waals surface area contributed by atoms with Crippen molar-refractivity contribution < 1.29 is 0 Å². The third kappa shape index (κ3) is 7.47. The average Bonchev–Trinajstić information content (AvgIpc) is 2.27. The van der Waals surface area contributed by atoms with E-state index in [-0.39, 0.29) is 16.4 Å². The van der Waals surface area contributed by atoms with E-state index in [4.69, 9.17) is 0 Å². The molecule has 1 heteroatoms. The van der Waals surface area contributed by atoms with Crippen LogP contribution in [0.2, 0.25) is 0 Å². The van der Waals surface area contributed by atoms with E-state index in [0.717, 1.165) is 6.42 Å². The van der Waals surface area contributed by atoms with E-state index in [2.05, 4.69) is 67.3 Å². The van der Waals surface area contributed by atoms with Gasteiger partial charge in [0.15, 0.2) is 0 Å². The molecule has 0 radical (unpaired) electrons. The van der Waals surface area contributed by atoms with E-state index in [9.17, 15) is 0 Å². The minimum atomic E-state index is 0.153. The third-order valence-corrected chi connectivity index (χ3v) is 4.11. The van der Waals surface area contributed by atoms with Gasteiger partial charge in [-0.3, -0.25) is 0 Å². The molecule has 0 bridgehead atoms. The van der Waals surface area contributed by atoms with Crippen molar-refractivity contribution in [3.8, 4) is 0 Å². The van der Waals surface area contributed by atoms with Crippen molar-refractivity contribution in [2.45, 2.75) is 87.6 Å². The van der Waals surface area contributed by atoms with Gasteiger partial charge in [0, 0.05) is 5.54 Å². The maximum atomic E-state index is 4.44. The summed E-state index contributed by atoms with van der Waals surface area (Å²) in [4.78, 5) is 0. The minimum absolute atomic E-state index is 0.153. The van der Waals surface area contributed by atoms with Gasteiger partial charge in [-0.1, -0.05) is 67.5 Å². The van der Waals surface area contributed by atoms with Gasteiger partial charge in [0.1, 0.15) is 0 Å². The van der Waals surface area contributed by atoms with Crippen LogP contribution in [-0.2, 0) is 0 Å². The quantitative estimate of drug-likeness (QED) is 0.560. The molecular formula is C19H41N. The van der Waals surface area contributed by atoms with E-state index in [0.29, 0.717) is 5.92 Å². The molecule has 1 N–H and O–H groups in total. The Morgan fingerprint density at radius 3 is 1.65 bits per heavy atom. The van der Waals surface area contributed by atoms with E-state index in [1.165, 1.54) is 12.0 Å². The molecule has 0 unspecified atom stereocenters. The smallest absolute Gasteiger partial charge is 0.0130 e. The monoisotopic (exact) mass is 283 g/mol. The molecule has 0 atom stereocenters. The Bertz CT molecular complexity index is 282. The highest BCUT2D eigenvalue weighted by Crippen LogP contribution is 2.46. The molecule has 0 aromatic carbocycles. The molecule has 0 aliphatic heterocycles. The van der Waals surface area contributed by atoms with Crippen molar-refractivity contribution in [1.29, 1.82) is 0 Å². The van der Waals surface area contributed by atoms with Gasteiger partial charge in [-0.15, -0.1) is 0 Å². The molecule has 0 heterocycles. The van der Waals surface area contributed by atoms with Gasteiger partial charge in [-0.25, -0.2) is 0 Å². The Balaban J connectivity index is 0. The molecule has 0 rings (SSSR count). The summed E-state index contributed by atoms with van der Waals surface area (Å²) in [6, 6.07) is 0. The van der Waals surface area contributed by atoms with Crippen LogP contribution in [0.4, 0.5) is 0 Å². The van der Waals surface area contributed by atoms with Crippen LogP contribution in [0.5, 0.6) is 0 Å². The Kier molecular flexibility index (Phi) is 9.04. The van der Waals surface area contributed by atoms with Gasteiger partial charge in [0.05, 0.1) is 0 Å². The van der Waals surface area contributed by atoms with Gasteiger partial charge in [0.25, 0.3) is 0 Å². The fraction of sp³-hybridized carbons (Fsp3) is 0.895. The summed E-state index contributed by atoms with van der Waals surface area (Å²) in [6.45, 7) is 26.9. The van der Waals surface area contributed by atoms with Crippen LogP contribution in [0.3, 0.4) is 0 Å². The second kappa shape index (κ2) is 8.22. The number of allylic oxidation sites excluding steroid dienone is 1. The van der Waals surface area contributed by atoms with Crippen molar-refractivity contribution in [2.24, 2.45) is 16.7 Å². The summed E-state index contributed by atoms with van der Waals surface area (Å²) in [5.41, 5.74) is 1.90. The number of hydrogen-bond donors (Lipinski definition) is 1. The summed E-state index contributed by atoms with van der Waals surface area (Å²) in [7, 11) is 2.04. The van der Waals surface area contributed by atoms with E-state index < -0.39 is 0 Å². The lowest BCUT2D eigenvalue weighted by Crippen LogP contribution is -2.42. The second-order valence-corrected chi connectivity index (χ2v) is 8.15. The van der Waals surface area contributed by atoms with Crippen LogP contribution in [0, 0.1) is 16.7 Å². The van der Waals surface area contributed by atoms with Gasteiger partial charge in [0.2, 0.25) is 0 Å². The van der Waals surface area contributed by atoms with Crippen LogP contribution >= 0.6 is 0 Å². The molecule has 0 aliphatic carbocycles. The summed E-state index contributed by atoms with van der Waals surface area (Å²) in [5.74, 6) is 0.713. The maximum Gasteiger partial charge on any atom is 0.0130 e. The molecule has 0 aromatic heterocycles. The van der Waals surface area contributed by atoms with Crippen LogP contribution in [0.1, 0.15) is 82.1 Å². The lowest BCUT2D eigenvalue weighted by atomic mass is 9.64. The van der Waals surface area contributed by atoms with Gasteiger partial charge in [-0.05, 0) is 50.5 Å². The first-order valence-electron chi connectivity index (χ1n) is 8.23. The van der Waals surface area contributed by atoms with Crippen LogP contribution in [-0.4, -0.2) is 12.6 Å². The van der Waals surface area contributed by atoms with E-state index in [1.54, 1.807) is 0 Å². The maximum absolute atomic E-state index is 4.44. The zero-order chi connectivity index (χ0) is 16.8. The predicted octanol–water partition coefficient (Wildman–Crippen LogP) is 6.06. The summed E-state index contributed by atoms with van der Waals surface area (Å²) in [6.07, 6.45) is 2.31. The second-order valence-electron chi connectivity index (χ2n) is 8.15. The molecule has 122 valence electrons. The Hall–Kier alpha value is -0.300. The normalized spacial score (nSPS) is 13.0. The topological polar surface area (TPSA) is 12.0 Å². The number of rotatable bonds is 7. The highest BCUT2D eigenvalue weighted by Gasteiger charge is 2.36. The molecular weight excluding hydrogens is 242 g/mol. The number of nitrogens with one attached hydrogen (secondary N) is 1. The SMILES string of the molecule is C=C(C(C)(C)CC(C)C)C(C)(C)CC(C)(C)NC.CC. The molecule has 0 fully saturated rings. The third-order valence-electron chi connectivity index (χ3n) is 4.11. The predicted molar refractivity (Wildman–Crippen MR) is 95.3 cm³/mol. The van der Waals surface area contributed by atoms with Gasteiger partial charge >= 0.3 is 0 Å². The molecule has 0 spiro atoms. The zero-order valence-electron chi connectivity index (χ0n) is 16.2. The average molecular weight is 284 g/mol. The molecule has 20 heavy (non-hydrogen) atoms. The highest BCUT2D eigenvalue weighted by molar-refractivity contribution is 5.17. The van der Waals surface area contributed by atoms with Crippen molar-refractivity contribution in [1.82, 2.24) is 5.32 Å². The Morgan fingerprint density at radius 2 is 1.35 bits per heavy atom. The first-order chi connectivity index (χ1) is 8.84. The zero-order valence-corrected chi connectivity index (χ0v) is 16.2. The molecule has 0 aliphatic rings. The number of hydrogen-bond acceptors (Lipinski definition) is 1. The molecule has 0 aromatic rings. The lowest BCUT2D eigenvalue weighted by Gasteiger charge is -2.43. The molecule has 1 nitrogen and oxygen atoms in total. The van der Waals surface area contributed by atoms with Crippen LogP contribution in [0.25, 0.3) is 0 Å². The summed E-state index contributed by atoms with van der Waals surface area (Å²) < 4.78 is 0. The fourth-order valence-electron chi connectivity index (χ4n) is 3.36. The largest absolute Gasteiger partial charge is 0.315 e. The van der Waals surface area contributed by atoms with E-state index in [1.807, 2.05) is 20.9 Å². The van der Waals surface area contributed by atoms with Crippen molar-refractivity contribution in [3.05, 3.63) is 12.2 Å². The lowest BCUT2D eigenvalue weighted by molar-refractivity contribution is 0.214. The van der Waals surface area contributed by atoms with Crippen molar-refractivity contribution in [3.63, 3.8) is 0 Å². The molecule has 0 amide bonds. The van der Waals surface area contributed by atoms with Crippen LogP contribution in [0.15, 0.2) is 12.2 Å². The van der Waals surface area contributed by atoms with Crippen molar-refractivity contribution >= 4 is 0 Å².